The summed E-state index contributed by atoms with van der Waals surface area (Å²) in [6.07, 6.45) is -1.29. The molecule has 0 N–H and O–H groups in total. The number of hydrogen-bond donors (Lipinski definition) is 0. The lowest BCUT2D eigenvalue weighted by atomic mass is 10.0. The number of rotatable bonds is 8. The largest absolute Gasteiger partial charge is 0.433 e. The fourth-order valence-corrected chi connectivity index (χ4v) is 6.06. The third kappa shape index (κ3) is 5.07. The zero-order chi connectivity index (χ0) is 31.9. The molecule has 46 heavy (non-hydrogen) atoms. The first-order valence-electron chi connectivity index (χ1n) is 15.1. The normalized spacial score (nSPS) is 16.3. The number of para-hydroxylation sites is 2. The molecule has 8 nitrogen and oxygen atoms in total. The Balaban J connectivity index is 1.29. The molecule has 5 aromatic carbocycles. The van der Waals surface area contributed by atoms with E-state index in [2.05, 4.69) is 0 Å². The molecule has 0 saturated carbocycles. The molecule has 0 amide bonds. The van der Waals surface area contributed by atoms with Crippen LogP contribution in [0.5, 0.6) is 0 Å². The van der Waals surface area contributed by atoms with Crippen molar-refractivity contribution in [3.8, 4) is 0 Å². The van der Waals surface area contributed by atoms with Crippen LogP contribution in [0.2, 0.25) is 0 Å². The number of anilines is 6. The van der Waals surface area contributed by atoms with Crippen molar-refractivity contribution >= 4 is 46.1 Å². The van der Waals surface area contributed by atoms with E-state index >= 15 is 0 Å². The van der Waals surface area contributed by atoms with Crippen LogP contribution in [0.15, 0.2) is 121 Å². The number of cyclic esters (lactones) is 2. The second-order valence-corrected chi connectivity index (χ2v) is 11.8. The predicted molar refractivity (Wildman–Crippen MR) is 181 cm³/mol. The third-order valence-electron chi connectivity index (χ3n) is 8.46. The molecule has 2 heterocycles. The maximum absolute atomic E-state index is 13.1. The van der Waals surface area contributed by atoms with Crippen molar-refractivity contribution in [3.05, 3.63) is 144 Å². The van der Waals surface area contributed by atoms with Crippen LogP contribution in [0.1, 0.15) is 44.3 Å². The van der Waals surface area contributed by atoms with Gasteiger partial charge >= 0.3 is 11.9 Å². The van der Waals surface area contributed by atoms with E-state index in [0.29, 0.717) is 11.1 Å². The maximum atomic E-state index is 13.1. The van der Waals surface area contributed by atoms with Crippen molar-refractivity contribution in [2.75, 3.05) is 47.8 Å². The number of carbonyl (C=O) groups excluding carboxylic acids is 2. The van der Waals surface area contributed by atoms with Gasteiger partial charge in [-0.05, 0) is 72.8 Å². The molecule has 0 aromatic heterocycles. The lowest BCUT2D eigenvalue weighted by molar-refractivity contribution is 0.0388. The van der Waals surface area contributed by atoms with Gasteiger partial charge in [-0.2, -0.15) is 0 Å². The molecule has 7 rings (SSSR count). The highest BCUT2D eigenvalue weighted by Crippen LogP contribution is 2.45. The molecule has 0 bridgehead atoms. The summed E-state index contributed by atoms with van der Waals surface area (Å²) in [5.74, 6) is -0.703. The number of carbonyl (C=O) groups is 2. The van der Waals surface area contributed by atoms with Crippen LogP contribution in [-0.4, -0.2) is 40.1 Å². The lowest BCUT2D eigenvalue weighted by Gasteiger charge is -2.33. The van der Waals surface area contributed by atoms with E-state index in [0.717, 1.165) is 45.3 Å². The number of fused-ring (bicyclic) bond motifs is 2. The smallest absolute Gasteiger partial charge is 0.340 e. The van der Waals surface area contributed by atoms with Crippen LogP contribution < -0.4 is 19.6 Å². The third-order valence-corrected chi connectivity index (χ3v) is 8.46. The average Bonchev–Trinajstić information content (AvgIpc) is 3.58. The van der Waals surface area contributed by atoms with Gasteiger partial charge in [0.25, 0.3) is 0 Å². The second-order valence-electron chi connectivity index (χ2n) is 11.8. The number of benzene rings is 5. The predicted octanol–water partition coefficient (Wildman–Crippen LogP) is 7.83. The first-order chi connectivity index (χ1) is 22.3. The fourth-order valence-electron chi connectivity index (χ4n) is 6.06. The monoisotopic (exact) mass is 610 g/mol. The minimum atomic E-state index is -0.647. The summed E-state index contributed by atoms with van der Waals surface area (Å²) in [6, 6.07) is 39.5. The van der Waals surface area contributed by atoms with Gasteiger partial charge in [0.05, 0.1) is 11.1 Å². The molecule has 2 unspecified atom stereocenters. The van der Waals surface area contributed by atoms with E-state index in [4.69, 9.17) is 9.47 Å². The summed E-state index contributed by atoms with van der Waals surface area (Å²) in [7, 11) is 7.79. The van der Waals surface area contributed by atoms with Crippen molar-refractivity contribution < 1.29 is 19.1 Å². The molecule has 0 fully saturated rings. The summed E-state index contributed by atoms with van der Waals surface area (Å²) in [5.41, 5.74) is 8.03. The van der Waals surface area contributed by atoms with Crippen LogP contribution in [0.4, 0.5) is 34.1 Å². The van der Waals surface area contributed by atoms with E-state index in [1.807, 2.05) is 169 Å². The van der Waals surface area contributed by atoms with E-state index in [-0.39, 0.29) is 11.9 Å². The molecular weight excluding hydrogens is 576 g/mol. The molecule has 5 aromatic rings. The minimum absolute atomic E-state index is 0.351. The Kier molecular flexibility index (Phi) is 7.33. The van der Waals surface area contributed by atoms with Crippen LogP contribution in [0.25, 0.3) is 0 Å². The van der Waals surface area contributed by atoms with Gasteiger partial charge in [-0.25, -0.2) is 9.59 Å². The SMILES string of the molecule is CN(C)c1ccc2c(c1)C(=O)OC2N(c1ccccc1)c1ccc(N(c2ccccc2)C2OC(=O)c3cc(N(C)C)ccc32)cc1. The highest BCUT2D eigenvalue weighted by atomic mass is 16.6. The van der Waals surface area contributed by atoms with E-state index in [9.17, 15) is 9.59 Å². The van der Waals surface area contributed by atoms with Crippen molar-refractivity contribution in [1.29, 1.82) is 0 Å². The summed E-state index contributed by atoms with van der Waals surface area (Å²) in [5, 5.41) is 0. The molecule has 2 aliphatic heterocycles. The molecule has 0 aliphatic carbocycles. The van der Waals surface area contributed by atoms with Crippen molar-refractivity contribution in [2.45, 2.75) is 12.5 Å². The molecule has 0 saturated heterocycles. The van der Waals surface area contributed by atoms with Gasteiger partial charge in [0, 0.05) is 73.4 Å². The molecule has 8 heteroatoms. The Bertz CT molecular complexity index is 1770. The van der Waals surface area contributed by atoms with Crippen LogP contribution in [0.3, 0.4) is 0 Å². The Morgan fingerprint density at radius 1 is 0.435 bits per heavy atom. The first-order valence-corrected chi connectivity index (χ1v) is 15.1. The molecule has 2 atom stereocenters. The van der Waals surface area contributed by atoms with Gasteiger partial charge in [-0.15, -0.1) is 0 Å². The van der Waals surface area contributed by atoms with Gasteiger partial charge in [0.2, 0.25) is 12.5 Å². The van der Waals surface area contributed by atoms with Gasteiger partial charge in [-0.1, -0.05) is 48.5 Å². The lowest BCUT2D eigenvalue weighted by Crippen LogP contribution is -2.25. The molecule has 2 aliphatic rings. The number of hydrogen-bond acceptors (Lipinski definition) is 8. The maximum Gasteiger partial charge on any atom is 0.340 e. The van der Waals surface area contributed by atoms with E-state index in [1.54, 1.807) is 0 Å². The molecular formula is C38H34N4O4. The molecule has 0 radical (unpaired) electrons. The summed E-state index contributed by atoms with van der Waals surface area (Å²) in [4.78, 5) is 34.3. The number of esters is 2. The summed E-state index contributed by atoms with van der Waals surface area (Å²) < 4.78 is 12.1. The topological polar surface area (TPSA) is 65.6 Å². The van der Waals surface area contributed by atoms with Gasteiger partial charge < -0.3 is 29.1 Å². The summed E-state index contributed by atoms with van der Waals surface area (Å²) in [6.45, 7) is 0. The van der Waals surface area contributed by atoms with Crippen LogP contribution >= 0.6 is 0 Å². The average molecular weight is 611 g/mol. The van der Waals surface area contributed by atoms with Gasteiger partial charge in [-0.3, -0.25) is 0 Å². The Morgan fingerprint density at radius 3 is 1.11 bits per heavy atom. The van der Waals surface area contributed by atoms with Gasteiger partial charge in [0.15, 0.2) is 0 Å². The summed E-state index contributed by atoms with van der Waals surface area (Å²) >= 11 is 0. The second kappa shape index (κ2) is 11.6. The minimum Gasteiger partial charge on any atom is -0.433 e. The van der Waals surface area contributed by atoms with Crippen molar-refractivity contribution in [3.63, 3.8) is 0 Å². The van der Waals surface area contributed by atoms with E-state index in [1.165, 1.54) is 0 Å². The van der Waals surface area contributed by atoms with Gasteiger partial charge in [0.1, 0.15) is 0 Å². The van der Waals surface area contributed by atoms with Crippen molar-refractivity contribution in [2.24, 2.45) is 0 Å². The highest BCUT2D eigenvalue weighted by molar-refractivity contribution is 5.97. The Hall–Kier alpha value is -5.76. The van der Waals surface area contributed by atoms with Crippen LogP contribution in [-0.2, 0) is 9.47 Å². The van der Waals surface area contributed by atoms with Crippen molar-refractivity contribution in [1.82, 2.24) is 0 Å². The number of nitrogens with zero attached hydrogens (tertiary/aromatic N) is 4. The van der Waals surface area contributed by atoms with E-state index < -0.39 is 12.5 Å². The zero-order valence-electron chi connectivity index (χ0n) is 26.1. The molecule has 230 valence electrons. The molecule has 0 spiro atoms. The quantitative estimate of drug-likeness (QED) is 0.165. The Morgan fingerprint density at radius 2 is 0.761 bits per heavy atom. The first kappa shape index (κ1) is 29.0. The van der Waals surface area contributed by atoms with Crippen LogP contribution in [0, 0.1) is 0 Å². The fraction of sp³-hybridized carbons (Fsp3) is 0.158. The zero-order valence-corrected chi connectivity index (χ0v) is 26.1. The standard InChI is InChI=1S/C38H34N4O4/c1-39(2)29-19-21-31-33(23-29)37(43)45-35(31)41(25-11-7-5-8-12-25)27-15-17-28(18-16-27)42(26-13-9-6-10-14-26)36-32-22-20-30(40(3)4)24-34(32)38(44)46-36/h5-24,35-36H,1-4H3. The number of ether oxygens (including phenoxy) is 2. The Labute approximate surface area is 268 Å². The highest BCUT2D eigenvalue weighted by Gasteiger charge is 2.38.